The molecule has 0 radical (unpaired) electrons. The number of halogens is 1. The highest BCUT2D eigenvalue weighted by Gasteiger charge is 2.32. The number of amides is 4. The van der Waals surface area contributed by atoms with Crippen LogP contribution in [0.5, 0.6) is 11.5 Å². The zero-order valence-corrected chi connectivity index (χ0v) is 36.6. The molecule has 0 saturated carbocycles. The average Bonchev–Trinajstić information content (AvgIpc) is 3.25. The molecule has 62 heavy (non-hydrogen) atoms. The van der Waals surface area contributed by atoms with Crippen molar-refractivity contribution >= 4 is 41.7 Å². The Morgan fingerprint density at radius 3 is 1.95 bits per heavy atom. The number of rotatable bonds is 14. The first kappa shape index (κ1) is 50.4. The lowest BCUT2D eigenvalue weighted by Gasteiger charge is -2.30. The number of nitrogens with zero attached hydrogens (tertiary/aromatic N) is 1. The number of hydrogen-bond acceptors (Lipinski definition) is 10. The molecule has 16 heteroatoms. The molecule has 5 rings (SSSR count). The van der Waals surface area contributed by atoms with Crippen LogP contribution in [-0.2, 0) is 36.8 Å². The van der Waals surface area contributed by atoms with Crippen molar-refractivity contribution < 1.29 is 38.6 Å². The SMILES string of the molecule is CC1Cc2ccc(OCCN)c(c2)-c2cc(ccc2OCCN)C(N(C)C(=O)CNC(=O)Cc2ccc(-c3ccc(Cl)cc3)cc2)C(=O)N[C@@H](C)C(=O)N1.CCCCN.O=CO. The first-order valence-corrected chi connectivity index (χ1v) is 20.9. The molecule has 1 aliphatic heterocycles. The van der Waals surface area contributed by atoms with Crippen molar-refractivity contribution in [1.82, 2.24) is 20.9 Å². The number of hydrogen-bond donors (Lipinski definition) is 7. The molecule has 1 aliphatic rings. The summed E-state index contributed by atoms with van der Waals surface area (Å²) in [4.78, 5) is 63.6. The van der Waals surface area contributed by atoms with Gasteiger partial charge in [0.15, 0.2) is 0 Å². The molecule has 334 valence electrons. The van der Waals surface area contributed by atoms with Gasteiger partial charge in [0.25, 0.3) is 6.47 Å². The summed E-state index contributed by atoms with van der Waals surface area (Å²) >= 11 is 6.01. The van der Waals surface area contributed by atoms with E-state index in [4.69, 9.17) is 48.2 Å². The van der Waals surface area contributed by atoms with E-state index in [2.05, 4.69) is 22.9 Å². The molecule has 0 saturated heterocycles. The van der Waals surface area contributed by atoms with E-state index < -0.39 is 23.9 Å². The second-order valence-corrected chi connectivity index (χ2v) is 15.0. The molecule has 4 amide bonds. The Labute approximate surface area is 368 Å². The predicted octanol–water partition coefficient (Wildman–Crippen LogP) is 4.22. The lowest BCUT2D eigenvalue weighted by Crippen LogP contribution is -2.52. The van der Waals surface area contributed by atoms with E-state index in [1.807, 2.05) is 73.7 Å². The van der Waals surface area contributed by atoms with Crippen molar-refractivity contribution in [3.05, 3.63) is 107 Å². The lowest BCUT2D eigenvalue weighted by atomic mass is 9.94. The van der Waals surface area contributed by atoms with Crippen molar-refractivity contribution in [2.45, 2.75) is 64.6 Å². The third-order valence-electron chi connectivity index (χ3n) is 9.61. The minimum absolute atomic E-state index is 0.0497. The van der Waals surface area contributed by atoms with Gasteiger partial charge in [-0.05, 0) is 97.4 Å². The van der Waals surface area contributed by atoms with Gasteiger partial charge in [0.1, 0.15) is 36.8 Å². The molecule has 2 unspecified atom stereocenters. The Bertz CT molecular complexity index is 2070. The van der Waals surface area contributed by atoms with E-state index in [9.17, 15) is 19.2 Å². The van der Waals surface area contributed by atoms with Gasteiger partial charge in [0.05, 0.1) is 13.0 Å². The summed E-state index contributed by atoms with van der Waals surface area (Å²) in [7, 11) is 1.49. The van der Waals surface area contributed by atoms with Crippen LogP contribution < -0.4 is 42.6 Å². The topological polar surface area (TPSA) is 241 Å². The number of unbranched alkanes of at least 4 members (excludes halogenated alkanes) is 1. The van der Waals surface area contributed by atoms with E-state index >= 15 is 0 Å². The molecule has 3 atom stereocenters. The molecule has 4 bridgehead atoms. The molecule has 0 spiro atoms. The summed E-state index contributed by atoms with van der Waals surface area (Å²) in [5.74, 6) is -0.790. The summed E-state index contributed by atoms with van der Waals surface area (Å²) in [5, 5.41) is 16.0. The Hall–Kier alpha value is -6.00. The normalized spacial score (nSPS) is 15.7. The maximum atomic E-state index is 14.1. The number of ether oxygens (including phenoxy) is 2. The second-order valence-electron chi connectivity index (χ2n) is 14.5. The third-order valence-corrected chi connectivity index (χ3v) is 9.86. The van der Waals surface area contributed by atoms with E-state index in [0.29, 0.717) is 46.2 Å². The summed E-state index contributed by atoms with van der Waals surface area (Å²) in [6.07, 6.45) is 2.94. The van der Waals surface area contributed by atoms with Crippen LogP contribution in [0.25, 0.3) is 22.3 Å². The third kappa shape index (κ3) is 15.5. The van der Waals surface area contributed by atoms with Gasteiger partial charge in [0.2, 0.25) is 23.6 Å². The molecule has 0 aliphatic carbocycles. The van der Waals surface area contributed by atoms with E-state index in [1.165, 1.54) is 24.8 Å². The van der Waals surface area contributed by atoms with Crippen LogP contribution in [0.4, 0.5) is 0 Å². The Balaban J connectivity index is 0.00000118. The number of carbonyl (C=O) groups is 5. The van der Waals surface area contributed by atoms with Crippen molar-refractivity contribution in [1.29, 1.82) is 0 Å². The van der Waals surface area contributed by atoms with Crippen LogP contribution in [0, 0.1) is 0 Å². The average molecular weight is 874 g/mol. The highest BCUT2D eigenvalue weighted by atomic mass is 35.5. The van der Waals surface area contributed by atoms with Gasteiger partial charge in [-0.15, -0.1) is 0 Å². The first-order valence-electron chi connectivity index (χ1n) is 20.5. The Morgan fingerprint density at radius 2 is 1.40 bits per heavy atom. The maximum absolute atomic E-state index is 14.1. The number of nitrogens with two attached hydrogens (primary N) is 3. The fourth-order valence-electron chi connectivity index (χ4n) is 6.47. The highest BCUT2D eigenvalue weighted by Crippen LogP contribution is 2.40. The molecule has 1 heterocycles. The predicted molar refractivity (Wildman–Crippen MR) is 242 cm³/mol. The summed E-state index contributed by atoms with van der Waals surface area (Å²) < 4.78 is 12.1. The van der Waals surface area contributed by atoms with Crippen LogP contribution in [0.3, 0.4) is 0 Å². The molecule has 10 N–H and O–H groups in total. The van der Waals surface area contributed by atoms with Crippen molar-refractivity contribution in [3.63, 3.8) is 0 Å². The fourth-order valence-corrected chi connectivity index (χ4v) is 6.59. The number of benzene rings is 4. The van der Waals surface area contributed by atoms with Gasteiger partial charge in [-0.2, -0.15) is 0 Å². The van der Waals surface area contributed by atoms with Crippen molar-refractivity contribution in [2.75, 3.05) is 46.4 Å². The van der Waals surface area contributed by atoms with Gasteiger partial charge in [-0.25, -0.2) is 0 Å². The van der Waals surface area contributed by atoms with Gasteiger partial charge in [-0.3, -0.25) is 24.0 Å². The fraction of sp³-hybridized carbons (Fsp3) is 0.370. The van der Waals surface area contributed by atoms with Crippen molar-refractivity contribution in [2.24, 2.45) is 17.2 Å². The maximum Gasteiger partial charge on any atom is 0.290 e. The molecule has 0 aromatic heterocycles. The van der Waals surface area contributed by atoms with Gasteiger partial charge in [0, 0.05) is 42.3 Å². The summed E-state index contributed by atoms with van der Waals surface area (Å²) in [5.41, 5.74) is 22.1. The van der Waals surface area contributed by atoms with E-state index in [-0.39, 0.29) is 57.1 Å². The van der Waals surface area contributed by atoms with Crippen LogP contribution in [-0.4, -0.2) is 98.6 Å². The molecule has 15 nitrogen and oxygen atoms in total. The molecule has 4 aromatic carbocycles. The first-order chi connectivity index (χ1) is 29.8. The van der Waals surface area contributed by atoms with Crippen molar-refractivity contribution in [3.8, 4) is 33.8 Å². The number of nitrogens with one attached hydrogen (secondary N) is 3. The van der Waals surface area contributed by atoms with Crippen LogP contribution in [0.15, 0.2) is 84.9 Å². The molecule has 4 aromatic rings. The van der Waals surface area contributed by atoms with Gasteiger partial charge in [-0.1, -0.05) is 73.5 Å². The monoisotopic (exact) mass is 873 g/mol. The minimum Gasteiger partial charge on any atom is -0.492 e. The van der Waals surface area contributed by atoms with Crippen LogP contribution in [0.2, 0.25) is 5.02 Å². The molecular weight excluding hydrogens is 814 g/mol. The standard InChI is InChI=1S/C41H47ClN6O6.C4H11N.CH2O2/c1-25-20-28-6-14-35(53-18-16-43)33(21-28)34-23-31(11-15-36(34)54-19-17-44)39(41(52)47-26(2)40(51)46-25)48(3)38(50)24-45-37(49)22-27-4-7-29(8-5-27)30-9-12-32(42)13-10-30;1-2-3-4-5;2-1-3/h4-15,21,23,25-26,39H,16-20,22,24,43-44H2,1-3H3,(H,45,49)(H,46,51)(H,47,52);2-5H2,1H3;1H,(H,2,3)/t25?,26-,39?;;/m0../s1. The minimum atomic E-state index is -1.19. The zero-order chi connectivity index (χ0) is 45.6. The van der Waals surface area contributed by atoms with Gasteiger partial charge >= 0.3 is 0 Å². The second kappa shape index (κ2) is 26.4. The number of likely N-dealkylation sites (N-methyl/N-ethyl adjacent to an activating group) is 1. The van der Waals surface area contributed by atoms with Crippen LogP contribution >= 0.6 is 11.6 Å². The lowest BCUT2D eigenvalue weighted by molar-refractivity contribution is -0.140. The van der Waals surface area contributed by atoms with E-state index in [1.54, 1.807) is 25.1 Å². The largest absolute Gasteiger partial charge is 0.492 e. The quantitative estimate of drug-likeness (QED) is 0.0886. The number of carboxylic acid groups (broad SMARTS) is 1. The number of fused-ring (bicyclic) bond motifs is 5. The van der Waals surface area contributed by atoms with Gasteiger partial charge < -0.3 is 52.6 Å². The Morgan fingerprint density at radius 1 is 0.839 bits per heavy atom. The summed E-state index contributed by atoms with van der Waals surface area (Å²) in [6.45, 7) is 6.90. The zero-order valence-electron chi connectivity index (χ0n) is 35.8. The number of carbonyl (C=O) groups excluding carboxylic acids is 4. The smallest absolute Gasteiger partial charge is 0.290 e. The summed E-state index contributed by atoms with van der Waals surface area (Å²) in [6, 6.07) is 23.6. The van der Waals surface area contributed by atoms with E-state index in [0.717, 1.165) is 28.8 Å². The Kier molecular flexibility index (Phi) is 21.4. The highest BCUT2D eigenvalue weighted by molar-refractivity contribution is 6.30. The molecule has 0 fully saturated rings. The van der Waals surface area contributed by atoms with Crippen LogP contribution in [0.1, 0.15) is 56.3 Å². The molecular formula is C46H60ClN7O8.